The average molecular weight is 193 g/mol. The molecule has 0 spiro atoms. The quantitative estimate of drug-likeness (QED) is 0.599. The summed E-state index contributed by atoms with van der Waals surface area (Å²) in [5.74, 6) is 0.104. The smallest absolute Gasteiger partial charge is 0.155 e. The van der Waals surface area contributed by atoms with Crippen molar-refractivity contribution < 1.29 is 13.5 Å². The number of hydrogen-bond acceptors (Lipinski definition) is 4. The second-order valence-corrected chi connectivity index (χ2v) is 5.83. The summed E-state index contributed by atoms with van der Waals surface area (Å²) in [5, 5.41) is 12.0. The summed E-state index contributed by atoms with van der Waals surface area (Å²) in [4.78, 5) is 0. The monoisotopic (exact) mass is 193 g/mol. The molecule has 12 heavy (non-hydrogen) atoms. The molecule has 1 aliphatic rings. The van der Waals surface area contributed by atoms with Crippen LogP contribution in [0.1, 0.15) is 13.3 Å². The Balaban J connectivity index is 2.85. The number of rotatable bonds is 2. The van der Waals surface area contributed by atoms with Crippen molar-refractivity contribution in [1.29, 1.82) is 0 Å². The van der Waals surface area contributed by atoms with E-state index < -0.39 is 20.7 Å². The van der Waals surface area contributed by atoms with E-state index in [9.17, 15) is 13.5 Å². The molecule has 0 saturated carbocycles. The molecule has 0 radical (unpaired) electrons. The number of sulfone groups is 1. The van der Waals surface area contributed by atoms with Gasteiger partial charge in [0.2, 0.25) is 0 Å². The molecule has 4 nitrogen and oxygen atoms in total. The lowest BCUT2D eigenvalue weighted by atomic mass is 9.98. The zero-order valence-electron chi connectivity index (χ0n) is 7.37. The zero-order chi connectivity index (χ0) is 9.41. The van der Waals surface area contributed by atoms with Gasteiger partial charge in [-0.1, -0.05) is 0 Å². The molecule has 0 bridgehead atoms. The minimum Gasteiger partial charge on any atom is -0.387 e. The molecule has 0 aromatic rings. The Morgan fingerprint density at radius 3 is 2.58 bits per heavy atom. The third-order valence-electron chi connectivity index (χ3n) is 2.60. The van der Waals surface area contributed by atoms with Crippen LogP contribution in [0.15, 0.2) is 0 Å². The minimum atomic E-state index is -3.04. The maximum Gasteiger partial charge on any atom is 0.155 e. The van der Waals surface area contributed by atoms with Gasteiger partial charge in [0.15, 0.2) is 9.84 Å². The number of hydrogen-bond donors (Lipinski definition) is 2. The summed E-state index contributed by atoms with van der Waals surface area (Å²) in [7, 11) is -1.34. The fourth-order valence-corrected chi connectivity index (χ4v) is 3.43. The van der Waals surface area contributed by atoms with E-state index >= 15 is 0 Å². The van der Waals surface area contributed by atoms with Crippen LogP contribution in [-0.4, -0.2) is 43.7 Å². The van der Waals surface area contributed by atoms with Gasteiger partial charge in [-0.15, -0.1) is 0 Å². The maximum atomic E-state index is 11.3. The molecule has 1 rings (SSSR count). The van der Waals surface area contributed by atoms with Gasteiger partial charge in [-0.3, -0.25) is 0 Å². The first-order chi connectivity index (χ1) is 5.42. The van der Waals surface area contributed by atoms with Gasteiger partial charge in [0, 0.05) is 6.54 Å². The van der Waals surface area contributed by atoms with E-state index in [0.29, 0.717) is 13.0 Å². The SMILES string of the molecule is CNCC1(O)CCS(=O)(=O)C1C. The Labute approximate surface area is 72.9 Å². The highest BCUT2D eigenvalue weighted by Gasteiger charge is 2.47. The van der Waals surface area contributed by atoms with Crippen molar-refractivity contribution in [3.8, 4) is 0 Å². The van der Waals surface area contributed by atoms with Gasteiger partial charge in [-0.25, -0.2) is 8.42 Å². The third kappa shape index (κ3) is 1.48. The van der Waals surface area contributed by atoms with Gasteiger partial charge >= 0.3 is 0 Å². The van der Waals surface area contributed by atoms with Gasteiger partial charge < -0.3 is 10.4 Å². The normalized spacial score (nSPS) is 40.1. The fraction of sp³-hybridized carbons (Fsp3) is 1.00. The highest BCUT2D eigenvalue weighted by atomic mass is 32.2. The summed E-state index contributed by atoms with van der Waals surface area (Å²) < 4.78 is 22.5. The van der Waals surface area contributed by atoms with Crippen LogP contribution in [0.5, 0.6) is 0 Å². The van der Waals surface area contributed by atoms with Crippen LogP contribution in [0.3, 0.4) is 0 Å². The van der Waals surface area contributed by atoms with E-state index in [4.69, 9.17) is 0 Å². The van der Waals surface area contributed by atoms with Gasteiger partial charge in [0.25, 0.3) is 0 Å². The fourth-order valence-electron chi connectivity index (χ4n) is 1.57. The van der Waals surface area contributed by atoms with Crippen LogP contribution in [0.2, 0.25) is 0 Å². The molecule has 1 aliphatic heterocycles. The van der Waals surface area contributed by atoms with E-state index in [1.807, 2.05) is 0 Å². The lowest BCUT2D eigenvalue weighted by molar-refractivity contribution is 0.0472. The predicted molar refractivity (Wildman–Crippen MR) is 46.7 cm³/mol. The van der Waals surface area contributed by atoms with Crippen LogP contribution >= 0.6 is 0 Å². The highest BCUT2D eigenvalue weighted by Crippen LogP contribution is 2.29. The third-order valence-corrected chi connectivity index (χ3v) is 4.89. The largest absolute Gasteiger partial charge is 0.387 e. The summed E-state index contributed by atoms with van der Waals surface area (Å²) in [6.07, 6.45) is 0.345. The molecule has 1 heterocycles. The second kappa shape index (κ2) is 2.97. The number of aliphatic hydroxyl groups is 1. The van der Waals surface area contributed by atoms with Crippen LogP contribution in [0.25, 0.3) is 0 Å². The summed E-state index contributed by atoms with van der Waals surface area (Å²) in [6, 6.07) is 0. The van der Waals surface area contributed by atoms with Gasteiger partial charge in [-0.05, 0) is 20.4 Å². The lowest BCUT2D eigenvalue weighted by Crippen LogP contribution is -2.46. The Morgan fingerprint density at radius 1 is 1.67 bits per heavy atom. The van der Waals surface area contributed by atoms with Crippen molar-refractivity contribution in [1.82, 2.24) is 5.32 Å². The van der Waals surface area contributed by atoms with Gasteiger partial charge in [0.05, 0.1) is 16.6 Å². The molecule has 5 heteroatoms. The minimum absolute atomic E-state index is 0.104. The van der Waals surface area contributed by atoms with Crippen LogP contribution in [0, 0.1) is 0 Å². The molecule has 0 aromatic heterocycles. The topological polar surface area (TPSA) is 66.4 Å². The molecule has 1 saturated heterocycles. The van der Waals surface area contributed by atoms with Crippen LogP contribution in [0.4, 0.5) is 0 Å². The van der Waals surface area contributed by atoms with Gasteiger partial charge in [0.1, 0.15) is 0 Å². The van der Waals surface area contributed by atoms with Crippen molar-refractivity contribution in [2.24, 2.45) is 0 Å². The molecule has 0 aromatic carbocycles. The van der Waals surface area contributed by atoms with Crippen LogP contribution in [-0.2, 0) is 9.84 Å². The number of nitrogens with one attached hydrogen (secondary N) is 1. The second-order valence-electron chi connectivity index (χ2n) is 3.39. The predicted octanol–water partition coefficient (Wildman–Crippen LogP) is -0.856. The molecule has 72 valence electrons. The summed E-state index contributed by atoms with van der Waals surface area (Å²) in [6.45, 7) is 1.91. The summed E-state index contributed by atoms with van der Waals surface area (Å²) >= 11 is 0. The molecular weight excluding hydrogens is 178 g/mol. The zero-order valence-corrected chi connectivity index (χ0v) is 8.19. The van der Waals surface area contributed by atoms with E-state index in [2.05, 4.69) is 5.32 Å². The first kappa shape index (κ1) is 9.95. The van der Waals surface area contributed by atoms with Crippen LogP contribution < -0.4 is 5.32 Å². The molecule has 0 amide bonds. The maximum absolute atomic E-state index is 11.3. The highest BCUT2D eigenvalue weighted by molar-refractivity contribution is 7.92. The first-order valence-corrected chi connectivity index (χ1v) is 5.72. The van der Waals surface area contributed by atoms with E-state index in [-0.39, 0.29) is 5.75 Å². The number of likely N-dealkylation sites (N-methyl/N-ethyl adjacent to an activating group) is 1. The molecule has 2 N–H and O–H groups in total. The van der Waals surface area contributed by atoms with Crippen molar-refractivity contribution in [2.75, 3.05) is 19.3 Å². The van der Waals surface area contributed by atoms with Crippen molar-refractivity contribution in [3.05, 3.63) is 0 Å². The average Bonchev–Trinajstić information content (AvgIpc) is 2.17. The first-order valence-electron chi connectivity index (χ1n) is 4.01. The molecule has 2 atom stereocenters. The Hall–Kier alpha value is -0.130. The van der Waals surface area contributed by atoms with E-state index in [0.717, 1.165) is 0 Å². The summed E-state index contributed by atoms with van der Waals surface area (Å²) in [5.41, 5.74) is -1.06. The van der Waals surface area contributed by atoms with E-state index in [1.54, 1.807) is 14.0 Å². The Kier molecular flexibility index (Phi) is 2.47. The molecular formula is C7H15NO3S. The van der Waals surface area contributed by atoms with Gasteiger partial charge in [-0.2, -0.15) is 0 Å². The standard InChI is InChI=1S/C7H15NO3S/c1-6-7(9,5-8-2)3-4-12(6,10)11/h6,8-9H,3-5H2,1-2H3. The van der Waals surface area contributed by atoms with Crippen molar-refractivity contribution >= 4 is 9.84 Å². The molecule has 0 aliphatic carbocycles. The van der Waals surface area contributed by atoms with Crippen molar-refractivity contribution in [2.45, 2.75) is 24.2 Å². The van der Waals surface area contributed by atoms with Crippen molar-refractivity contribution in [3.63, 3.8) is 0 Å². The lowest BCUT2D eigenvalue weighted by Gasteiger charge is -2.25. The molecule has 1 fully saturated rings. The Morgan fingerprint density at radius 2 is 2.25 bits per heavy atom. The van der Waals surface area contributed by atoms with E-state index in [1.165, 1.54) is 0 Å². The molecule has 2 unspecified atom stereocenters. The Bertz CT molecular complexity index is 262.